The first-order chi connectivity index (χ1) is 9.99. The van der Waals surface area contributed by atoms with Crippen molar-refractivity contribution in [2.75, 3.05) is 32.8 Å². The van der Waals surface area contributed by atoms with Crippen LogP contribution < -0.4 is 0 Å². The molecule has 3 rings (SSSR count). The molecule has 0 amide bonds. The van der Waals surface area contributed by atoms with E-state index in [1.807, 2.05) is 17.5 Å². The Morgan fingerprint density at radius 3 is 2.52 bits per heavy atom. The van der Waals surface area contributed by atoms with E-state index in [9.17, 15) is 5.11 Å². The Labute approximate surface area is 131 Å². The second-order valence-corrected chi connectivity index (χ2v) is 8.18. The molecule has 3 heterocycles. The van der Waals surface area contributed by atoms with Gasteiger partial charge in [-0.25, -0.2) is 4.98 Å². The summed E-state index contributed by atoms with van der Waals surface area (Å²) in [6.45, 7) is 8.76. The molecule has 0 atom stereocenters. The molecule has 21 heavy (non-hydrogen) atoms. The summed E-state index contributed by atoms with van der Waals surface area (Å²) in [5, 5.41) is 11.9. The van der Waals surface area contributed by atoms with Crippen molar-refractivity contribution >= 4 is 11.3 Å². The van der Waals surface area contributed by atoms with Crippen molar-refractivity contribution in [3.63, 3.8) is 0 Å². The molecule has 2 saturated heterocycles. The number of aromatic nitrogens is 1. The number of β-amino-alcohol motifs (C(OH)–C–C–N with tert-alkyl or cyclic N) is 1. The third-order valence-electron chi connectivity index (χ3n) is 5.04. The SMILES string of the molecule is Cc1cnc(C2(C)CCN(CC3(O)CCOCC3)CC2)s1. The first-order valence-electron chi connectivity index (χ1n) is 7.95. The highest BCUT2D eigenvalue weighted by molar-refractivity contribution is 7.11. The van der Waals surface area contributed by atoms with Gasteiger partial charge in [-0.2, -0.15) is 0 Å². The molecule has 118 valence electrons. The number of likely N-dealkylation sites (tertiary alicyclic amines) is 1. The second kappa shape index (κ2) is 5.95. The van der Waals surface area contributed by atoms with E-state index in [1.54, 1.807) is 0 Å². The Hall–Kier alpha value is -0.490. The molecule has 0 aliphatic carbocycles. The van der Waals surface area contributed by atoms with Gasteiger partial charge in [0.2, 0.25) is 0 Å². The lowest BCUT2D eigenvalue weighted by molar-refractivity contribution is -0.0835. The first-order valence-corrected chi connectivity index (χ1v) is 8.76. The van der Waals surface area contributed by atoms with E-state index < -0.39 is 5.60 Å². The number of aryl methyl sites for hydroxylation is 1. The molecule has 0 aromatic carbocycles. The number of thiazole rings is 1. The van der Waals surface area contributed by atoms with Gasteiger partial charge in [0.15, 0.2) is 0 Å². The number of hydrogen-bond donors (Lipinski definition) is 1. The van der Waals surface area contributed by atoms with Crippen molar-refractivity contribution in [3.05, 3.63) is 16.1 Å². The van der Waals surface area contributed by atoms with Gasteiger partial charge >= 0.3 is 0 Å². The molecule has 1 N–H and O–H groups in total. The Bertz CT molecular complexity index is 474. The zero-order chi connectivity index (χ0) is 14.9. The quantitative estimate of drug-likeness (QED) is 0.931. The molecule has 4 nitrogen and oxygen atoms in total. The van der Waals surface area contributed by atoms with E-state index in [4.69, 9.17) is 4.74 Å². The highest BCUT2D eigenvalue weighted by Crippen LogP contribution is 2.37. The summed E-state index contributed by atoms with van der Waals surface area (Å²) in [7, 11) is 0. The maximum absolute atomic E-state index is 10.6. The average molecular weight is 310 g/mol. The molecule has 2 aliphatic heterocycles. The molecule has 0 spiro atoms. The monoisotopic (exact) mass is 310 g/mol. The molecule has 5 heteroatoms. The Morgan fingerprint density at radius 1 is 1.29 bits per heavy atom. The number of ether oxygens (including phenoxy) is 1. The molecule has 0 bridgehead atoms. The van der Waals surface area contributed by atoms with E-state index in [2.05, 4.69) is 23.7 Å². The molecule has 2 fully saturated rings. The Kier molecular flexibility index (Phi) is 4.37. The lowest BCUT2D eigenvalue weighted by Crippen LogP contribution is -2.50. The molecule has 0 unspecified atom stereocenters. The van der Waals surface area contributed by atoms with Crippen molar-refractivity contribution in [3.8, 4) is 0 Å². The number of nitrogens with zero attached hydrogens (tertiary/aromatic N) is 2. The minimum Gasteiger partial charge on any atom is -0.388 e. The van der Waals surface area contributed by atoms with Crippen LogP contribution >= 0.6 is 11.3 Å². The molecule has 1 aromatic rings. The van der Waals surface area contributed by atoms with E-state index in [1.165, 1.54) is 9.88 Å². The first kappa shape index (κ1) is 15.4. The molecule has 0 radical (unpaired) electrons. The highest BCUT2D eigenvalue weighted by atomic mass is 32.1. The Morgan fingerprint density at radius 2 is 1.95 bits per heavy atom. The largest absolute Gasteiger partial charge is 0.388 e. The number of rotatable bonds is 3. The highest BCUT2D eigenvalue weighted by Gasteiger charge is 2.37. The van der Waals surface area contributed by atoms with Crippen LogP contribution in [0.3, 0.4) is 0 Å². The van der Waals surface area contributed by atoms with Crippen molar-refractivity contribution < 1.29 is 9.84 Å². The minimum absolute atomic E-state index is 0.216. The molecular weight excluding hydrogens is 284 g/mol. The number of aliphatic hydroxyl groups is 1. The zero-order valence-electron chi connectivity index (χ0n) is 13.1. The van der Waals surface area contributed by atoms with Gasteiger partial charge in [0.1, 0.15) is 0 Å². The second-order valence-electron chi connectivity index (χ2n) is 6.95. The summed E-state index contributed by atoms with van der Waals surface area (Å²) in [6, 6.07) is 0. The van der Waals surface area contributed by atoms with E-state index in [0.717, 1.165) is 45.3 Å². The van der Waals surface area contributed by atoms with Crippen LogP contribution in [0.1, 0.15) is 42.5 Å². The van der Waals surface area contributed by atoms with Gasteiger partial charge in [0.25, 0.3) is 0 Å². The summed E-state index contributed by atoms with van der Waals surface area (Å²) in [5.74, 6) is 0. The van der Waals surface area contributed by atoms with Gasteiger partial charge in [0.05, 0.1) is 10.6 Å². The smallest absolute Gasteiger partial charge is 0.0987 e. The van der Waals surface area contributed by atoms with Crippen molar-refractivity contribution in [2.45, 2.75) is 50.5 Å². The van der Waals surface area contributed by atoms with E-state index in [0.29, 0.717) is 13.2 Å². The van der Waals surface area contributed by atoms with Gasteiger partial charge in [-0.05, 0) is 32.9 Å². The summed E-state index contributed by atoms with van der Waals surface area (Å²) < 4.78 is 5.36. The summed E-state index contributed by atoms with van der Waals surface area (Å²) in [6.07, 6.45) is 5.79. The van der Waals surface area contributed by atoms with Gasteiger partial charge in [-0.1, -0.05) is 6.92 Å². The van der Waals surface area contributed by atoms with E-state index in [-0.39, 0.29) is 5.41 Å². The fraction of sp³-hybridized carbons (Fsp3) is 0.812. The van der Waals surface area contributed by atoms with Crippen molar-refractivity contribution in [1.82, 2.24) is 9.88 Å². The fourth-order valence-corrected chi connectivity index (χ4v) is 4.34. The molecular formula is C16H26N2O2S. The molecule has 2 aliphatic rings. The normalized spacial score (nSPS) is 25.9. The van der Waals surface area contributed by atoms with Crippen molar-refractivity contribution in [1.29, 1.82) is 0 Å². The van der Waals surface area contributed by atoms with Crippen LogP contribution in [0.4, 0.5) is 0 Å². The average Bonchev–Trinajstić information content (AvgIpc) is 2.90. The van der Waals surface area contributed by atoms with Crippen LogP contribution in [-0.2, 0) is 10.2 Å². The number of hydrogen-bond acceptors (Lipinski definition) is 5. The summed E-state index contributed by atoms with van der Waals surface area (Å²) >= 11 is 1.83. The molecule has 0 saturated carbocycles. The van der Waals surface area contributed by atoms with Gasteiger partial charge in [0, 0.05) is 49.1 Å². The fourth-order valence-electron chi connectivity index (χ4n) is 3.38. The predicted octanol–water partition coefficient (Wildman–Crippen LogP) is 2.35. The predicted molar refractivity (Wildman–Crippen MR) is 84.9 cm³/mol. The third kappa shape index (κ3) is 3.47. The lowest BCUT2D eigenvalue weighted by Gasteiger charge is -2.42. The lowest BCUT2D eigenvalue weighted by atomic mass is 9.80. The maximum Gasteiger partial charge on any atom is 0.0987 e. The van der Waals surface area contributed by atoms with Gasteiger partial charge < -0.3 is 14.7 Å². The summed E-state index contributed by atoms with van der Waals surface area (Å²) in [5.41, 5.74) is -0.322. The topological polar surface area (TPSA) is 45.6 Å². The number of piperidine rings is 1. The maximum atomic E-state index is 10.6. The van der Waals surface area contributed by atoms with E-state index >= 15 is 0 Å². The Balaban J connectivity index is 1.57. The van der Waals surface area contributed by atoms with Crippen LogP contribution in [0.15, 0.2) is 6.20 Å². The van der Waals surface area contributed by atoms with Crippen LogP contribution in [0.5, 0.6) is 0 Å². The summed E-state index contributed by atoms with van der Waals surface area (Å²) in [4.78, 5) is 8.32. The standard InChI is InChI=1S/C16H26N2O2S/c1-13-11-17-14(21-13)15(2)3-7-18(8-4-15)12-16(19)5-9-20-10-6-16/h11,19H,3-10,12H2,1-2H3. The van der Waals surface area contributed by atoms with Crippen LogP contribution in [0.25, 0.3) is 0 Å². The van der Waals surface area contributed by atoms with Gasteiger partial charge in [-0.3, -0.25) is 0 Å². The minimum atomic E-state index is -0.538. The van der Waals surface area contributed by atoms with Gasteiger partial charge in [-0.15, -0.1) is 11.3 Å². The van der Waals surface area contributed by atoms with Crippen LogP contribution in [0, 0.1) is 6.92 Å². The third-order valence-corrected chi connectivity index (χ3v) is 6.26. The van der Waals surface area contributed by atoms with Crippen LogP contribution in [-0.4, -0.2) is 53.4 Å². The van der Waals surface area contributed by atoms with Crippen LogP contribution in [0.2, 0.25) is 0 Å². The van der Waals surface area contributed by atoms with Crippen molar-refractivity contribution in [2.24, 2.45) is 0 Å². The molecule has 1 aromatic heterocycles. The zero-order valence-corrected chi connectivity index (χ0v) is 13.9.